The molecule has 0 aliphatic carbocycles. The second kappa shape index (κ2) is 7.78. The minimum absolute atomic E-state index is 0.187. The van der Waals surface area contributed by atoms with Crippen LogP contribution >= 0.6 is 0 Å². The Morgan fingerprint density at radius 1 is 1.07 bits per heavy atom. The van der Waals surface area contributed by atoms with Crippen LogP contribution in [0.1, 0.15) is 35.3 Å². The molecule has 1 aliphatic rings. The molecule has 154 valence electrons. The van der Waals surface area contributed by atoms with Gasteiger partial charge in [-0.05, 0) is 49.7 Å². The van der Waals surface area contributed by atoms with Gasteiger partial charge in [-0.25, -0.2) is 8.78 Å². The molecule has 6 heteroatoms. The van der Waals surface area contributed by atoms with Crippen LogP contribution in [0.2, 0.25) is 0 Å². The average molecular weight is 409 g/mol. The first-order chi connectivity index (χ1) is 14.3. The molecule has 0 aromatic heterocycles. The van der Waals surface area contributed by atoms with Gasteiger partial charge in [-0.1, -0.05) is 24.3 Å². The summed E-state index contributed by atoms with van der Waals surface area (Å²) in [5.74, 6) is -0.913. The summed E-state index contributed by atoms with van der Waals surface area (Å²) in [5, 5.41) is 2.55. The molecule has 4 rings (SSSR count). The third-order valence-corrected chi connectivity index (χ3v) is 4.84. The maximum Gasteiger partial charge on any atom is 0.255 e. The minimum Gasteiger partial charge on any atom is -0.485 e. The number of carbonyl (C=O) groups excluding carboxylic acids is 1. The van der Waals surface area contributed by atoms with Crippen LogP contribution in [-0.2, 0) is 13.0 Å². The van der Waals surface area contributed by atoms with E-state index in [2.05, 4.69) is 5.32 Å². The molecule has 0 fully saturated rings. The van der Waals surface area contributed by atoms with Crippen LogP contribution in [-0.4, -0.2) is 11.5 Å². The van der Waals surface area contributed by atoms with Gasteiger partial charge in [-0.2, -0.15) is 0 Å². The van der Waals surface area contributed by atoms with Gasteiger partial charge in [0.25, 0.3) is 5.91 Å². The molecule has 0 unspecified atom stereocenters. The number of rotatable bonds is 5. The number of hydrogen-bond donors (Lipinski definition) is 1. The van der Waals surface area contributed by atoms with Crippen LogP contribution in [0.5, 0.6) is 11.5 Å². The highest BCUT2D eigenvalue weighted by molar-refractivity contribution is 6.04. The van der Waals surface area contributed by atoms with E-state index in [0.717, 1.165) is 35.4 Å². The Labute approximate surface area is 173 Å². The third-order valence-electron chi connectivity index (χ3n) is 4.84. The molecular weight excluding hydrogens is 388 g/mol. The highest BCUT2D eigenvalue weighted by atomic mass is 19.2. The first-order valence-corrected chi connectivity index (χ1v) is 9.60. The van der Waals surface area contributed by atoms with Gasteiger partial charge in [-0.15, -0.1) is 0 Å². The summed E-state index contributed by atoms with van der Waals surface area (Å²) < 4.78 is 38.2. The topological polar surface area (TPSA) is 47.6 Å². The molecule has 30 heavy (non-hydrogen) atoms. The molecule has 1 amide bonds. The third kappa shape index (κ3) is 4.27. The molecule has 0 saturated carbocycles. The SMILES string of the molecule is CC1(C)Cc2cccc(OCc3ccc(C(=O)Nc4ccc(F)c(F)c4)cc3)c2O1. The van der Waals surface area contributed by atoms with Crippen LogP contribution in [0.3, 0.4) is 0 Å². The van der Waals surface area contributed by atoms with Crippen molar-refractivity contribution in [2.24, 2.45) is 0 Å². The predicted octanol–water partition coefficient (Wildman–Crippen LogP) is 5.51. The fraction of sp³-hybridized carbons (Fsp3) is 0.208. The number of amides is 1. The molecule has 1 aliphatic heterocycles. The normalized spacial score (nSPS) is 14.0. The molecular formula is C24H21F2NO3. The summed E-state index contributed by atoms with van der Waals surface area (Å²) in [6.07, 6.45) is 0.835. The van der Waals surface area contributed by atoms with E-state index in [1.165, 1.54) is 6.07 Å². The van der Waals surface area contributed by atoms with Crippen LogP contribution in [0.4, 0.5) is 14.5 Å². The number of fused-ring (bicyclic) bond motifs is 1. The minimum atomic E-state index is -1.01. The number of anilines is 1. The number of carbonyl (C=O) groups is 1. The van der Waals surface area contributed by atoms with Crippen molar-refractivity contribution < 1.29 is 23.0 Å². The lowest BCUT2D eigenvalue weighted by Crippen LogP contribution is -2.24. The average Bonchev–Trinajstić information content (AvgIpc) is 3.04. The lowest BCUT2D eigenvalue weighted by atomic mass is 10.0. The smallest absolute Gasteiger partial charge is 0.255 e. The molecule has 0 spiro atoms. The van der Waals surface area contributed by atoms with Gasteiger partial charge >= 0.3 is 0 Å². The number of para-hydroxylation sites is 1. The van der Waals surface area contributed by atoms with Crippen LogP contribution in [0, 0.1) is 11.6 Å². The maximum atomic E-state index is 13.3. The zero-order valence-electron chi connectivity index (χ0n) is 16.7. The second-order valence-corrected chi connectivity index (χ2v) is 7.85. The van der Waals surface area contributed by atoms with Crippen molar-refractivity contribution in [1.82, 2.24) is 0 Å². The van der Waals surface area contributed by atoms with E-state index < -0.39 is 17.5 Å². The number of benzene rings is 3. The van der Waals surface area contributed by atoms with Gasteiger partial charge in [0, 0.05) is 29.3 Å². The van der Waals surface area contributed by atoms with E-state index in [0.29, 0.717) is 17.9 Å². The Morgan fingerprint density at radius 2 is 1.83 bits per heavy atom. The van der Waals surface area contributed by atoms with Crippen molar-refractivity contribution in [3.63, 3.8) is 0 Å². The zero-order chi connectivity index (χ0) is 21.3. The quantitative estimate of drug-likeness (QED) is 0.605. The Hall–Kier alpha value is -3.41. The van der Waals surface area contributed by atoms with Crippen LogP contribution < -0.4 is 14.8 Å². The molecule has 0 radical (unpaired) electrons. The lowest BCUT2D eigenvalue weighted by Gasteiger charge is -2.18. The second-order valence-electron chi connectivity index (χ2n) is 7.85. The van der Waals surface area contributed by atoms with Crippen molar-refractivity contribution in [2.75, 3.05) is 5.32 Å². The number of nitrogens with one attached hydrogen (secondary N) is 1. The number of hydrogen-bond acceptors (Lipinski definition) is 3. The monoisotopic (exact) mass is 409 g/mol. The first kappa shape index (κ1) is 19.9. The molecule has 1 heterocycles. The van der Waals surface area contributed by atoms with Crippen molar-refractivity contribution in [3.8, 4) is 11.5 Å². The summed E-state index contributed by atoms with van der Waals surface area (Å²) in [6, 6.07) is 16.0. The Bertz CT molecular complexity index is 1090. The summed E-state index contributed by atoms with van der Waals surface area (Å²) in [4.78, 5) is 12.3. The number of ether oxygens (including phenoxy) is 2. The Kier molecular flexibility index (Phi) is 5.16. The molecule has 1 N–H and O–H groups in total. The summed E-state index contributed by atoms with van der Waals surface area (Å²) in [5.41, 5.74) is 2.35. The Morgan fingerprint density at radius 3 is 2.57 bits per heavy atom. The van der Waals surface area contributed by atoms with Crippen molar-refractivity contribution in [1.29, 1.82) is 0 Å². The van der Waals surface area contributed by atoms with Gasteiger partial charge in [0.2, 0.25) is 0 Å². The molecule has 0 atom stereocenters. The summed E-state index contributed by atoms with van der Waals surface area (Å²) >= 11 is 0. The van der Waals surface area contributed by atoms with E-state index in [1.807, 2.05) is 32.0 Å². The van der Waals surface area contributed by atoms with Crippen molar-refractivity contribution >= 4 is 11.6 Å². The van der Waals surface area contributed by atoms with Crippen molar-refractivity contribution in [3.05, 3.63) is 89.0 Å². The van der Waals surface area contributed by atoms with E-state index in [1.54, 1.807) is 24.3 Å². The lowest BCUT2D eigenvalue weighted by molar-refractivity contribution is 0.102. The zero-order valence-corrected chi connectivity index (χ0v) is 16.7. The van der Waals surface area contributed by atoms with E-state index in [9.17, 15) is 13.6 Å². The van der Waals surface area contributed by atoms with Gasteiger partial charge in [0.05, 0.1) is 0 Å². The fourth-order valence-electron chi connectivity index (χ4n) is 3.39. The molecule has 3 aromatic carbocycles. The number of halogens is 2. The largest absolute Gasteiger partial charge is 0.485 e. The fourth-order valence-corrected chi connectivity index (χ4v) is 3.39. The maximum absolute atomic E-state index is 13.3. The van der Waals surface area contributed by atoms with E-state index in [4.69, 9.17) is 9.47 Å². The van der Waals surface area contributed by atoms with Crippen LogP contribution in [0.15, 0.2) is 60.7 Å². The highest BCUT2D eigenvalue weighted by Gasteiger charge is 2.32. The molecule has 0 saturated heterocycles. The van der Waals surface area contributed by atoms with E-state index >= 15 is 0 Å². The molecule has 4 nitrogen and oxygen atoms in total. The van der Waals surface area contributed by atoms with Crippen LogP contribution in [0.25, 0.3) is 0 Å². The Balaban J connectivity index is 1.39. The molecule has 3 aromatic rings. The summed E-state index contributed by atoms with van der Waals surface area (Å²) in [7, 11) is 0. The molecule has 0 bridgehead atoms. The predicted molar refractivity (Wildman–Crippen MR) is 110 cm³/mol. The first-order valence-electron chi connectivity index (χ1n) is 9.60. The summed E-state index contributed by atoms with van der Waals surface area (Å²) in [6.45, 7) is 4.41. The van der Waals surface area contributed by atoms with E-state index in [-0.39, 0.29) is 11.3 Å². The van der Waals surface area contributed by atoms with Gasteiger partial charge in [0.15, 0.2) is 23.1 Å². The van der Waals surface area contributed by atoms with Gasteiger partial charge < -0.3 is 14.8 Å². The van der Waals surface area contributed by atoms with Gasteiger partial charge in [-0.3, -0.25) is 4.79 Å². The van der Waals surface area contributed by atoms with Crippen molar-refractivity contribution in [2.45, 2.75) is 32.5 Å². The highest BCUT2D eigenvalue weighted by Crippen LogP contribution is 2.41. The van der Waals surface area contributed by atoms with Gasteiger partial charge in [0.1, 0.15) is 12.2 Å². The standard InChI is InChI=1S/C24H21F2NO3/c1-24(2)13-17-4-3-5-21(22(17)30-24)29-14-15-6-8-16(9-7-15)23(28)27-18-10-11-19(25)20(26)12-18/h3-12H,13-14H2,1-2H3,(H,27,28).